The first kappa shape index (κ1) is 20.1. The molecule has 0 spiro atoms. The van der Waals surface area contributed by atoms with E-state index in [4.69, 9.17) is 21.1 Å². The van der Waals surface area contributed by atoms with Crippen molar-refractivity contribution in [2.75, 3.05) is 40.5 Å². The molecule has 1 unspecified atom stereocenters. The highest BCUT2D eigenvalue weighted by atomic mass is 35.5. The van der Waals surface area contributed by atoms with Crippen molar-refractivity contribution < 1.29 is 14.3 Å². The van der Waals surface area contributed by atoms with E-state index >= 15 is 0 Å². The van der Waals surface area contributed by atoms with Crippen LogP contribution in [0.2, 0.25) is 5.02 Å². The van der Waals surface area contributed by atoms with E-state index in [1.807, 2.05) is 12.1 Å². The summed E-state index contributed by atoms with van der Waals surface area (Å²) < 4.78 is 10.3. The fraction of sp³-hybridized carbons (Fsp3) is 0.500. The van der Waals surface area contributed by atoms with Crippen LogP contribution in [0.15, 0.2) is 24.3 Å². The molecule has 1 aromatic rings. The van der Waals surface area contributed by atoms with Gasteiger partial charge in [0.1, 0.15) is 0 Å². The lowest BCUT2D eigenvalue weighted by Gasteiger charge is -2.16. The number of carbonyl (C=O) groups is 1. The van der Waals surface area contributed by atoms with Crippen molar-refractivity contribution in [1.82, 2.24) is 10.6 Å². The van der Waals surface area contributed by atoms with Gasteiger partial charge in [0.15, 0.2) is 0 Å². The van der Waals surface area contributed by atoms with Crippen molar-refractivity contribution in [3.63, 3.8) is 0 Å². The lowest BCUT2D eigenvalue weighted by atomic mass is 10.1. The first-order valence-corrected chi connectivity index (χ1v) is 6.79. The molecule has 7 heteroatoms. The third kappa shape index (κ3) is 8.24. The number of benzene rings is 1. The van der Waals surface area contributed by atoms with Crippen LogP contribution in [0.5, 0.6) is 0 Å². The van der Waals surface area contributed by atoms with Gasteiger partial charge in [-0.2, -0.15) is 0 Å². The van der Waals surface area contributed by atoms with E-state index in [1.54, 1.807) is 26.4 Å². The van der Waals surface area contributed by atoms with E-state index in [2.05, 4.69) is 10.6 Å². The van der Waals surface area contributed by atoms with Crippen LogP contribution < -0.4 is 10.6 Å². The van der Waals surface area contributed by atoms with Crippen molar-refractivity contribution in [2.24, 2.45) is 0 Å². The number of amides is 1. The minimum absolute atomic E-state index is 0. The lowest BCUT2D eigenvalue weighted by Crippen LogP contribution is -2.37. The van der Waals surface area contributed by atoms with Gasteiger partial charge in [-0.25, -0.2) is 0 Å². The Morgan fingerprint density at radius 1 is 1.29 bits per heavy atom. The van der Waals surface area contributed by atoms with Gasteiger partial charge < -0.3 is 20.1 Å². The van der Waals surface area contributed by atoms with Gasteiger partial charge in [0.05, 0.1) is 19.3 Å². The van der Waals surface area contributed by atoms with Crippen LogP contribution >= 0.6 is 24.0 Å². The van der Waals surface area contributed by atoms with Crippen molar-refractivity contribution in [2.45, 2.75) is 6.10 Å². The van der Waals surface area contributed by atoms with Crippen LogP contribution in [0.1, 0.15) is 11.7 Å². The predicted molar refractivity (Wildman–Crippen MR) is 86.2 cm³/mol. The Morgan fingerprint density at radius 3 is 2.52 bits per heavy atom. The summed E-state index contributed by atoms with van der Waals surface area (Å²) >= 11 is 5.84. The monoisotopic (exact) mass is 336 g/mol. The minimum atomic E-state index is -0.185. The van der Waals surface area contributed by atoms with Crippen LogP contribution in [0.3, 0.4) is 0 Å². The lowest BCUT2D eigenvalue weighted by molar-refractivity contribution is -0.120. The molecule has 0 saturated carbocycles. The Morgan fingerprint density at radius 2 is 1.95 bits per heavy atom. The maximum atomic E-state index is 11.6. The summed E-state index contributed by atoms with van der Waals surface area (Å²) in [6.45, 7) is 1.91. The van der Waals surface area contributed by atoms with E-state index in [0.717, 1.165) is 5.56 Å². The van der Waals surface area contributed by atoms with E-state index in [0.29, 0.717) is 24.7 Å². The average Bonchev–Trinajstić information content (AvgIpc) is 2.46. The van der Waals surface area contributed by atoms with Crippen LogP contribution in [0.25, 0.3) is 0 Å². The molecule has 0 aromatic heterocycles. The third-order valence-electron chi connectivity index (χ3n) is 2.78. The second kappa shape index (κ2) is 11.8. The second-order valence-corrected chi connectivity index (χ2v) is 4.69. The largest absolute Gasteiger partial charge is 0.383 e. The highest BCUT2D eigenvalue weighted by Crippen LogP contribution is 2.18. The number of hydrogen-bond donors (Lipinski definition) is 2. The zero-order chi connectivity index (χ0) is 14.8. The molecule has 1 aromatic carbocycles. The van der Waals surface area contributed by atoms with E-state index in [-0.39, 0.29) is 31.0 Å². The molecule has 5 nitrogen and oxygen atoms in total. The van der Waals surface area contributed by atoms with Gasteiger partial charge in [0.2, 0.25) is 5.91 Å². The molecular formula is C14H22Cl2N2O3. The summed E-state index contributed by atoms with van der Waals surface area (Å²) in [5, 5.41) is 6.48. The van der Waals surface area contributed by atoms with Crippen LogP contribution in [-0.2, 0) is 14.3 Å². The maximum absolute atomic E-state index is 11.6. The molecule has 0 bridgehead atoms. The molecule has 1 amide bonds. The van der Waals surface area contributed by atoms with Gasteiger partial charge >= 0.3 is 0 Å². The smallest absolute Gasteiger partial charge is 0.234 e. The summed E-state index contributed by atoms with van der Waals surface area (Å²) in [4.78, 5) is 11.6. The zero-order valence-electron chi connectivity index (χ0n) is 12.2. The number of methoxy groups -OCH3 is 2. The molecule has 0 aliphatic carbocycles. The fourth-order valence-corrected chi connectivity index (χ4v) is 1.79. The molecule has 0 saturated heterocycles. The van der Waals surface area contributed by atoms with Gasteiger partial charge in [-0.3, -0.25) is 4.79 Å². The molecule has 0 heterocycles. The topological polar surface area (TPSA) is 59.6 Å². The number of rotatable bonds is 9. The Labute approximate surface area is 136 Å². The maximum Gasteiger partial charge on any atom is 0.234 e. The Hall–Kier alpha value is -0.850. The molecule has 21 heavy (non-hydrogen) atoms. The van der Waals surface area contributed by atoms with Crippen LogP contribution in [-0.4, -0.2) is 46.4 Å². The van der Waals surface area contributed by atoms with E-state index in [9.17, 15) is 4.79 Å². The normalized spacial score (nSPS) is 11.6. The number of ether oxygens (including phenoxy) is 2. The summed E-state index contributed by atoms with van der Waals surface area (Å²) in [7, 11) is 3.24. The highest BCUT2D eigenvalue weighted by Gasteiger charge is 2.11. The molecule has 0 fully saturated rings. The Balaban J connectivity index is 0.00000400. The summed E-state index contributed by atoms with van der Waals surface area (Å²) in [6.07, 6.45) is -0.185. The van der Waals surface area contributed by atoms with Gasteiger partial charge in [-0.15, -0.1) is 12.4 Å². The van der Waals surface area contributed by atoms with Crippen molar-refractivity contribution in [3.8, 4) is 0 Å². The molecule has 0 aliphatic rings. The third-order valence-corrected chi connectivity index (χ3v) is 3.03. The van der Waals surface area contributed by atoms with E-state index in [1.165, 1.54) is 0 Å². The van der Waals surface area contributed by atoms with E-state index < -0.39 is 0 Å². The fourth-order valence-electron chi connectivity index (χ4n) is 1.66. The van der Waals surface area contributed by atoms with Crippen molar-refractivity contribution in [1.29, 1.82) is 0 Å². The van der Waals surface area contributed by atoms with Gasteiger partial charge in [0.25, 0.3) is 0 Å². The number of nitrogens with one attached hydrogen (secondary N) is 2. The summed E-state index contributed by atoms with van der Waals surface area (Å²) in [5.41, 5.74) is 0.976. The van der Waals surface area contributed by atoms with Crippen molar-refractivity contribution >= 4 is 29.9 Å². The standard InChI is InChI=1S/C14H21ClN2O3.ClH/c1-19-8-7-16-10-14(18)17-9-13(20-2)11-3-5-12(15)6-4-11;/h3-6,13,16H,7-10H2,1-2H3,(H,17,18);1H. The predicted octanol–water partition coefficient (Wildman–Crippen LogP) is 1.80. The second-order valence-electron chi connectivity index (χ2n) is 4.25. The molecule has 2 N–H and O–H groups in total. The Kier molecular flexibility index (Phi) is 11.3. The summed E-state index contributed by atoms with van der Waals surface area (Å²) in [5.74, 6) is -0.0721. The SMILES string of the molecule is COCCNCC(=O)NCC(OC)c1ccc(Cl)cc1.Cl. The molecule has 0 radical (unpaired) electrons. The van der Waals surface area contributed by atoms with Gasteiger partial charge in [-0.1, -0.05) is 23.7 Å². The van der Waals surface area contributed by atoms with Gasteiger partial charge in [0, 0.05) is 32.3 Å². The number of halogens is 2. The quantitative estimate of drug-likeness (QED) is 0.675. The Bertz CT molecular complexity index is 402. The average molecular weight is 337 g/mol. The summed E-state index contributed by atoms with van der Waals surface area (Å²) in [6, 6.07) is 7.38. The molecular weight excluding hydrogens is 315 g/mol. The molecule has 1 atom stereocenters. The van der Waals surface area contributed by atoms with Gasteiger partial charge in [-0.05, 0) is 17.7 Å². The van der Waals surface area contributed by atoms with Crippen LogP contribution in [0, 0.1) is 0 Å². The molecule has 1 rings (SSSR count). The molecule has 120 valence electrons. The zero-order valence-corrected chi connectivity index (χ0v) is 13.8. The number of carbonyl (C=O) groups excluding carboxylic acids is 1. The molecule has 0 aliphatic heterocycles. The minimum Gasteiger partial charge on any atom is -0.383 e. The first-order chi connectivity index (χ1) is 9.67. The van der Waals surface area contributed by atoms with Crippen LogP contribution in [0.4, 0.5) is 0 Å². The highest BCUT2D eigenvalue weighted by molar-refractivity contribution is 6.30. The van der Waals surface area contributed by atoms with Crippen molar-refractivity contribution in [3.05, 3.63) is 34.9 Å². The first-order valence-electron chi connectivity index (χ1n) is 6.42. The number of hydrogen-bond acceptors (Lipinski definition) is 4.